The van der Waals surface area contributed by atoms with Crippen LogP contribution in [0, 0.1) is 0 Å². The standard InChI is InChI=1S/C17H22N2OS/c1-20-16-7-3-2-5-13(16)11-19-15-6-4-9-18-17(15)14-8-10-21-12-14/h2-3,5,7-8,10,12,15,17-19H,4,6,9,11H2,1H3/t15-,17-/m1/s1. The summed E-state index contributed by atoms with van der Waals surface area (Å²) in [6, 6.07) is 11.3. The van der Waals surface area contributed by atoms with Crippen molar-refractivity contribution in [1.82, 2.24) is 10.6 Å². The largest absolute Gasteiger partial charge is 0.496 e. The van der Waals surface area contributed by atoms with Gasteiger partial charge in [-0.15, -0.1) is 0 Å². The smallest absolute Gasteiger partial charge is 0.123 e. The lowest BCUT2D eigenvalue weighted by Crippen LogP contribution is -2.45. The van der Waals surface area contributed by atoms with E-state index in [0.29, 0.717) is 12.1 Å². The fourth-order valence-electron chi connectivity index (χ4n) is 3.00. The lowest BCUT2D eigenvalue weighted by Gasteiger charge is -2.33. The van der Waals surface area contributed by atoms with Crippen molar-refractivity contribution in [2.45, 2.75) is 31.5 Å². The van der Waals surface area contributed by atoms with E-state index in [4.69, 9.17) is 4.74 Å². The summed E-state index contributed by atoms with van der Waals surface area (Å²) in [5.41, 5.74) is 2.62. The third kappa shape index (κ3) is 3.46. The van der Waals surface area contributed by atoms with E-state index in [9.17, 15) is 0 Å². The summed E-state index contributed by atoms with van der Waals surface area (Å²) in [6.45, 7) is 1.95. The minimum atomic E-state index is 0.416. The molecule has 1 aromatic heterocycles. The predicted octanol–water partition coefficient (Wildman–Crippen LogP) is 3.34. The maximum absolute atomic E-state index is 5.43. The van der Waals surface area contributed by atoms with Crippen molar-refractivity contribution < 1.29 is 4.74 Å². The molecule has 3 rings (SSSR count). The first-order chi connectivity index (χ1) is 10.4. The van der Waals surface area contributed by atoms with Gasteiger partial charge >= 0.3 is 0 Å². The van der Waals surface area contributed by atoms with E-state index in [2.05, 4.69) is 39.6 Å². The monoisotopic (exact) mass is 302 g/mol. The van der Waals surface area contributed by atoms with Gasteiger partial charge in [-0.2, -0.15) is 11.3 Å². The average molecular weight is 302 g/mol. The summed E-state index contributed by atoms with van der Waals surface area (Å²) in [6.07, 6.45) is 2.44. The zero-order valence-electron chi connectivity index (χ0n) is 12.3. The Morgan fingerprint density at radius 1 is 1.33 bits per heavy atom. The number of thiophene rings is 1. The Morgan fingerprint density at radius 3 is 3.05 bits per heavy atom. The Balaban J connectivity index is 1.68. The van der Waals surface area contributed by atoms with Crippen LogP contribution in [-0.2, 0) is 6.54 Å². The Hall–Kier alpha value is -1.36. The number of piperidine rings is 1. The van der Waals surface area contributed by atoms with Crippen molar-refractivity contribution in [3.8, 4) is 5.75 Å². The van der Waals surface area contributed by atoms with Crippen LogP contribution in [0.25, 0.3) is 0 Å². The van der Waals surface area contributed by atoms with Gasteiger partial charge in [-0.05, 0) is 47.8 Å². The predicted molar refractivity (Wildman–Crippen MR) is 87.9 cm³/mol. The van der Waals surface area contributed by atoms with Crippen LogP contribution in [0.4, 0.5) is 0 Å². The summed E-state index contributed by atoms with van der Waals surface area (Å²) in [4.78, 5) is 0. The molecule has 4 heteroatoms. The SMILES string of the molecule is COc1ccccc1CN[C@@H]1CCCN[C@@H]1c1ccsc1. The summed E-state index contributed by atoms with van der Waals surface area (Å²) in [5.74, 6) is 0.959. The zero-order chi connectivity index (χ0) is 14.5. The van der Waals surface area contributed by atoms with Gasteiger partial charge in [-0.1, -0.05) is 18.2 Å². The molecule has 2 aromatic rings. The van der Waals surface area contributed by atoms with Gasteiger partial charge in [0.1, 0.15) is 5.75 Å². The van der Waals surface area contributed by atoms with Gasteiger partial charge < -0.3 is 15.4 Å². The fourth-order valence-corrected chi connectivity index (χ4v) is 3.70. The molecule has 1 aliphatic heterocycles. The van der Waals surface area contributed by atoms with Gasteiger partial charge in [-0.25, -0.2) is 0 Å². The Labute approximate surface area is 130 Å². The number of para-hydroxylation sites is 1. The van der Waals surface area contributed by atoms with Crippen molar-refractivity contribution in [2.75, 3.05) is 13.7 Å². The molecule has 2 N–H and O–H groups in total. The number of rotatable bonds is 5. The summed E-state index contributed by atoms with van der Waals surface area (Å²) in [5, 5.41) is 11.8. The number of ether oxygens (including phenoxy) is 1. The minimum absolute atomic E-state index is 0.416. The van der Waals surface area contributed by atoms with Crippen molar-refractivity contribution in [2.24, 2.45) is 0 Å². The van der Waals surface area contributed by atoms with Gasteiger partial charge in [0.05, 0.1) is 7.11 Å². The molecular weight excluding hydrogens is 280 g/mol. The number of nitrogens with one attached hydrogen (secondary N) is 2. The second-order valence-corrected chi connectivity index (χ2v) is 6.21. The Morgan fingerprint density at radius 2 is 2.24 bits per heavy atom. The van der Waals surface area contributed by atoms with Gasteiger partial charge in [-0.3, -0.25) is 0 Å². The van der Waals surface area contributed by atoms with E-state index in [1.807, 2.05) is 12.1 Å². The third-order valence-electron chi connectivity index (χ3n) is 4.11. The first-order valence-corrected chi connectivity index (χ1v) is 8.43. The van der Waals surface area contributed by atoms with Crippen LogP contribution in [0.3, 0.4) is 0 Å². The highest BCUT2D eigenvalue weighted by Gasteiger charge is 2.26. The van der Waals surface area contributed by atoms with E-state index in [1.165, 1.54) is 24.0 Å². The molecule has 3 nitrogen and oxygen atoms in total. The van der Waals surface area contributed by atoms with Crippen molar-refractivity contribution in [3.63, 3.8) is 0 Å². The number of benzene rings is 1. The second-order valence-electron chi connectivity index (χ2n) is 5.43. The summed E-state index contributed by atoms with van der Waals surface area (Å²) >= 11 is 1.77. The van der Waals surface area contributed by atoms with Gasteiger partial charge in [0.25, 0.3) is 0 Å². The van der Waals surface area contributed by atoms with E-state index in [0.717, 1.165) is 18.8 Å². The summed E-state index contributed by atoms with van der Waals surface area (Å²) in [7, 11) is 1.73. The van der Waals surface area contributed by atoms with Crippen LogP contribution >= 0.6 is 11.3 Å². The molecule has 1 aliphatic rings. The molecule has 0 saturated carbocycles. The van der Waals surface area contributed by atoms with E-state index >= 15 is 0 Å². The number of hydrogen-bond donors (Lipinski definition) is 2. The first-order valence-electron chi connectivity index (χ1n) is 7.49. The van der Waals surface area contributed by atoms with Crippen LogP contribution < -0.4 is 15.4 Å². The second kappa shape index (κ2) is 7.07. The molecule has 1 aromatic carbocycles. The van der Waals surface area contributed by atoms with E-state index in [-0.39, 0.29) is 0 Å². The molecule has 0 unspecified atom stereocenters. The molecule has 21 heavy (non-hydrogen) atoms. The molecule has 112 valence electrons. The van der Waals surface area contributed by atoms with Gasteiger partial charge in [0.15, 0.2) is 0 Å². The molecular formula is C17H22N2OS. The van der Waals surface area contributed by atoms with Crippen LogP contribution in [0.2, 0.25) is 0 Å². The molecule has 0 radical (unpaired) electrons. The Kier molecular flexibility index (Phi) is 4.91. The normalized spacial score (nSPS) is 22.1. The highest BCUT2D eigenvalue weighted by atomic mass is 32.1. The first kappa shape index (κ1) is 14.6. The van der Waals surface area contributed by atoms with Crippen LogP contribution in [0.5, 0.6) is 5.75 Å². The van der Waals surface area contributed by atoms with Crippen molar-refractivity contribution in [3.05, 3.63) is 52.2 Å². The van der Waals surface area contributed by atoms with Crippen molar-refractivity contribution >= 4 is 11.3 Å². The third-order valence-corrected chi connectivity index (χ3v) is 4.81. The molecule has 1 saturated heterocycles. The molecule has 2 atom stereocenters. The maximum atomic E-state index is 5.43. The fraction of sp³-hybridized carbons (Fsp3) is 0.412. The topological polar surface area (TPSA) is 33.3 Å². The highest BCUT2D eigenvalue weighted by molar-refractivity contribution is 7.07. The average Bonchev–Trinajstić information content (AvgIpc) is 3.08. The maximum Gasteiger partial charge on any atom is 0.123 e. The molecule has 0 amide bonds. The molecule has 1 fully saturated rings. The lowest BCUT2D eigenvalue weighted by atomic mass is 9.94. The lowest BCUT2D eigenvalue weighted by molar-refractivity contribution is 0.303. The minimum Gasteiger partial charge on any atom is -0.496 e. The zero-order valence-corrected chi connectivity index (χ0v) is 13.2. The Bertz CT molecular complexity index is 556. The van der Waals surface area contributed by atoms with E-state index in [1.54, 1.807) is 18.4 Å². The summed E-state index contributed by atoms with van der Waals surface area (Å²) < 4.78 is 5.43. The van der Waals surface area contributed by atoms with Crippen LogP contribution in [0.15, 0.2) is 41.1 Å². The number of methoxy groups -OCH3 is 1. The van der Waals surface area contributed by atoms with E-state index < -0.39 is 0 Å². The van der Waals surface area contributed by atoms with Crippen molar-refractivity contribution in [1.29, 1.82) is 0 Å². The number of hydrogen-bond acceptors (Lipinski definition) is 4. The van der Waals surface area contributed by atoms with Crippen LogP contribution in [-0.4, -0.2) is 19.7 Å². The molecule has 0 aliphatic carbocycles. The molecule has 0 spiro atoms. The van der Waals surface area contributed by atoms with Gasteiger partial charge in [0.2, 0.25) is 0 Å². The highest BCUT2D eigenvalue weighted by Crippen LogP contribution is 2.26. The molecule has 0 bridgehead atoms. The van der Waals surface area contributed by atoms with Gasteiger partial charge in [0, 0.05) is 24.2 Å². The quantitative estimate of drug-likeness (QED) is 0.889. The van der Waals surface area contributed by atoms with Crippen LogP contribution in [0.1, 0.15) is 30.0 Å². The molecule has 2 heterocycles.